The Morgan fingerprint density at radius 1 is 0.650 bits per heavy atom. The summed E-state index contributed by atoms with van der Waals surface area (Å²) >= 11 is 17.1. The first-order valence-corrected chi connectivity index (χ1v) is 6.43. The topological polar surface area (TPSA) is 0 Å². The molecule has 2 rings (SSSR count). The number of rotatable bonds is 2. The quantitative estimate of drug-likeness (QED) is 0.363. The fraction of sp³-hybridized carbons (Fsp3) is 0.0769. The zero-order valence-corrected chi connectivity index (χ0v) is 11.8. The van der Waals surface area contributed by atoms with Gasteiger partial charge in [-0.25, -0.2) is 17.6 Å². The second-order valence-corrected chi connectivity index (χ2v) is 5.19. The molecule has 0 heterocycles. The van der Waals surface area contributed by atoms with Crippen molar-refractivity contribution in [2.45, 2.75) is 5.38 Å². The SMILES string of the molecule is Fc1cc(Cl)c(C(Cl)c2cc(F)c(Cl)cc2F)cc1F. The third-order valence-corrected chi connectivity index (χ3v) is 3.71. The molecule has 1 unspecified atom stereocenters. The van der Waals surface area contributed by atoms with Crippen molar-refractivity contribution in [3.05, 3.63) is 68.7 Å². The average molecular weight is 344 g/mol. The van der Waals surface area contributed by atoms with Crippen molar-refractivity contribution in [2.24, 2.45) is 0 Å². The third-order valence-electron chi connectivity index (χ3n) is 2.63. The van der Waals surface area contributed by atoms with E-state index in [0.717, 1.165) is 18.2 Å². The molecule has 1 atom stereocenters. The molecule has 0 spiro atoms. The highest BCUT2D eigenvalue weighted by molar-refractivity contribution is 6.33. The normalized spacial score (nSPS) is 12.6. The Hall–Kier alpha value is -0.970. The lowest BCUT2D eigenvalue weighted by Gasteiger charge is -2.14. The van der Waals surface area contributed by atoms with Gasteiger partial charge in [-0.1, -0.05) is 23.2 Å². The Morgan fingerprint density at radius 3 is 1.80 bits per heavy atom. The predicted octanol–water partition coefficient (Wildman–Crippen LogP) is 5.88. The van der Waals surface area contributed by atoms with E-state index in [1.54, 1.807) is 0 Å². The maximum atomic E-state index is 13.7. The van der Waals surface area contributed by atoms with Crippen LogP contribution in [0.25, 0.3) is 0 Å². The number of hydrogen-bond acceptors (Lipinski definition) is 0. The number of benzene rings is 2. The van der Waals surface area contributed by atoms with Crippen molar-refractivity contribution >= 4 is 34.8 Å². The van der Waals surface area contributed by atoms with Gasteiger partial charge >= 0.3 is 0 Å². The Labute approximate surface area is 126 Å². The molecule has 0 bridgehead atoms. The summed E-state index contributed by atoms with van der Waals surface area (Å²) in [6, 6.07) is 2.98. The molecule has 0 N–H and O–H groups in total. The van der Waals surface area contributed by atoms with Crippen LogP contribution in [0.2, 0.25) is 10.0 Å². The minimum Gasteiger partial charge on any atom is -0.207 e. The lowest BCUT2D eigenvalue weighted by Crippen LogP contribution is -2.01. The van der Waals surface area contributed by atoms with E-state index in [4.69, 9.17) is 34.8 Å². The smallest absolute Gasteiger partial charge is 0.160 e. The van der Waals surface area contributed by atoms with E-state index >= 15 is 0 Å². The van der Waals surface area contributed by atoms with Crippen LogP contribution in [0.15, 0.2) is 24.3 Å². The second-order valence-electron chi connectivity index (χ2n) is 3.94. The second kappa shape index (κ2) is 5.80. The summed E-state index contributed by atoms with van der Waals surface area (Å²) in [4.78, 5) is 0. The Balaban J connectivity index is 2.54. The molecule has 0 amide bonds. The van der Waals surface area contributed by atoms with Crippen LogP contribution in [-0.4, -0.2) is 0 Å². The van der Waals surface area contributed by atoms with Crippen molar-refractivity contribution in [3.8, 4) is 0 Å². The van der Waals surface area contributed by atoms with Crippen LogP contribution in [0.5, 0.6) is 0 Å². The first-order valence-electron chi connectivity index (χ1n) is 5.24. The summed E-state index contributed by atoms with van der Waals surface area (Å²) in [5.74, 6) is -4.11. The molecule has 0 radical (unpaired) electrons. The Bertz CT molecular complexity index is 616. The molecule has 7 heteroatoms. The predicted molar refractivity (Wildman–Crippen MR) is 70.4 cm³/mol. The van der Waals surface area contributed by atoms with Crippen LogP contribution in [0.3, 0.4) is 0 Å². The maximum Gasteiger partial charge on any atom is 0.160 e. The Kier molecular flexibility index (Phi) is 4.47. The molecule has 20 heavy (non-hydrogen) atoms. The molecule has 0 saturated heterocycles. The summed E-state index contributed by atoms with van der Waals surface area (Å²) in [6.45, 7) is 0. The summed E-state index contributed by atoms with van der Waals surface area (Å²) in [6.07, 6.45) is 0. The van der Waals surface area contributed by atoms with E-state index < -0.39 is 33.7 Å². The van der Waals surface area contributed by atoms with Gasteiger partial charge < -0.3 is 0 Å². The fourth-order valence-corrected chi connectivity index (χ4v) is 2.45. The largest absolute Gasteiger partial charge is 0.207 e. The summed E-state index contributed by atoms with van der Waals surface area (Å²) in [5.41, 5.74) is -0.352. The van der Waals surface area contributed by atoms with E-state index in [0.29, 0.717) is 6.07 Å². The van der Waals surface area contributed by atoms with Gasteiger partial charge in [0.05, 0.1) is 10.4 Å². The first-order chi connectivity index (χ1) is 9.31. The van der Waals surface area contributed by atoms with Crippen LogP contribution >= 0.6 is 34.8 Å². The van der Waals surface area contributed by atoms with Crippen molar-refractivity contribution in [1.82, 2.24) is 0 Å². The third kappa shape index (κ3) is 2.87. The molecular formula is C13H5Cl3F4. The highest BCUT2D eigenvalue weighted by Gasteiger charge is 2.22. The summed E-state index contributed by atoms with van der Waals surface area (Å²) in [7, 11) is 0. The Morgan fingerprint density at radius 2 is 1.15 bits per heavy atom. The molecule has 0 aliphatic heterocycles. The van der Waals surface area contributed by atoms with E-state index in [2.05, 4.69) is 0 Å². The van der Waals surface area contributed by atoms with Crippen LogP contribution < -0.4 is 0 Å². The molecule has 0 fully saturated rings. The molecule has 0 nitrogen and oxygen atoms in total. The van der Waals surface area contributed by atoms with Crippen molar-refractivity contribution in [3.63, 3.8) is 0 Å². The highest BCUT2D eigenvalue weighted by Crippen LogP contribution is 2.37. The molecule has 0 aromatic heterocycles. The summed E-state index contributed by atoms with van der Waals surface area (Å²) in [5, 5.41) is -1.89. The number of alkyl halides is 1. The van der Waals surface area contributed by atoms with Gasteiger partial charge in [-0.2, -0.15) is 0 Å². The molecule has 2 aromatic rings. The van der Waals surface area contributed by atoms with Gasteiger partial charge in [0.2, 0.25) is 0 Å². The van der Waals surface area contributed by atoms with Gasteiger partial charge in [-0.3, -0.25) is 0 Å². The zero-order chi connectivity index (χ0) is 15.0. The summed E-state index contributed by atoms with van der Waals surface area (Å²) < 4.78 is 53.3. The molecule has 0 aliphatic rings. The van der Waals surface area contributed by atoms with Gasteiger partial charge in [-0.05, 0) is 29.8 Å². The molecule has 106 valence electrons. The highest BCUT2D eigenvalue weighted by atomic mass is 35.5. The maximum absolute atomic E-state index is 13.7. The molecule has 2 aromatic carbocycles. The molecular weight excluding hydrogens is 338 g/mol. The van der Waals surface area contributed by atoms with Gasteiger partial charge in [-0.15, -0.1) is 11.6 Å². The van der Waals surface area contributed by atoms with Gasteiger partial charge in [0.25, 0.3) is 0 Å². The molecule has 0 saturated carbocycles. The van der Waals surface area contributed by atoms with Gasteiger partial charge in [0.1, 0.15) is 11.6 Å². The molecule has 0 aliphatic carbocycles. The van der Waals surface area contributed by atoms with E-state index in [-0.39, 0.29) is 16.1 Å². The van der Waals surface area contributed by atoms with Crippen molar-refractivity contribution in [1.29, 1.82) is 0 Å². The first kappa shape index (κ1) is 15.4. The van der Waals surface area contributed by atoms with E-state index in [9.17, 15) is 17.6 Å². The van der Waals surface area contributed by atoms with Crippen molar-refractivity contribution < 1.29 is 17.6 Å². The minimum atomic E-state index is -1.29. The minimum absolute atomic E-state index is 0.0761. The van der Waals surface area contributed by atoms with E-state index in [1.165, 1.54) is 0 Å². The van der Waals surface area contributed by atoms with Gasteiger partial charge in [0, 0.05) is 10.6 Å². The van der Waals surface area contributed by atoms with Gasteiger partial charge in [0.15, 0.2) is 11.6 Å². The van der Waals surface area contributed by atoms with Crippen molar-refractivity contribution in [2.75, 3.05) is 0 Å². The van der Waals surface area contributed by atoms with Crippen LogP contribution in [-0.2, 0) is 0 Å². The van der Waals surface area contributed by atoms with E-state index in [1.807, 2.05) is 0 Å². The average Bonchev–Trinajstić information content (AvgIpc) is 2.37. The lowest BCUT2D eigenvalue weighted by atomic mass is 10.0. The number of halogens is 7. The zero-order valence-electron chi connectivity index (χ0n) is 9.53. The lowest BCUT2D eigenvalue weighted by molar-refractivity contribution is 0.507. The standard InChI is InChI=1S/C13H5Cl3F4/c14-7-3-12(20)11(19)1-5(7)13(16)6-2-10(18)8(15)4-9(6)17/h1-4,13H. The monoisotopic (exact) mass is 342 g/mol. The number of hydrogen-bond donors (Lipinski definition) is 0. The van der Waals surface area contributed by atoms with Crippen LogP contribution in [0.4, 0.5) is 17.6 Å². The fourth-order valence-electron chi connectivity index (χ4n) is 1.63. The van der Waals surface area contributed by atoms with Crippen LogP contribution in [0, 0.1) is 23.3 Å². The van der Waals surface area contributed by atoms with Crippen LogP contribution in [0.1, 0.15) is 16.5 Å².